The van der Waals surface area contributed by atoms with Crippen molar-refractivity contribution < 1.29 is 0 Å². The van der Waals surface area contributed by atoms with Crippen LogP contribution in [0.15, 0.2) is 36.5 Å². The topological polar surface area (TPSA) is 42.7 Å². The van der Waals surface area contributed by atoms with E-state index in [1.54, 1.807) is 0 Å². The number of hydrogen-bond acceptors (Lipinski definition) is 3. The maximum atomic E-state index is 4.75. The average molecular weight is 294 g/mol. The first-order valence-corrected chi connectivity index (χ1v) is 7.79. The summed E-state index contributed by atoms with van der Waals surface area (Å²) in [6.45, 7) is 5.05. The molecule has 3 aromatic rings. The van der Waals surface area contributed by atoms with Gasteiger partial charge >= 0.3 is 0 Å². The lowest BCUT2D eigenvalue weighted by atomic mass is 10.1. The fourth-order valence-corrected chi connectivity index (χ4v) is 2.67. The van der Waals surface area contributed by atoms with Crippen LogP contribution in [0, 0.1) is 6.92 Å². The Labute approximate surface area is 131 Å². The van der Waals surface area contributed by atoms with Crippen LogP contribution in [-0.4, -0.2) is 14.8 Å². The van der Waals surface area contributed by atoms with E-state index in [-0.39, 0.29) is 0 Å². The lowest BCUT2D eigenvalue weighted by Gasteiger charge is -2.12. The Kier molecular flexibility index (Phi) is 4.09. The van der Waals surface area contributed by atoms with E-state index in [4.69, 9.17) is 4.98 Å². The number of fused-ring (bicyclic) bond motifs is 1. The Morgan fingerprint density at radius 2 is 2.05 bits per heavy atom. The first-order valence-electron chi connectivity index (χ1n) is 7.79. The van der Waals surface area contributed by atoms with Crippen molar-refractivity contribution in [2.75, 3.05) is 5.32 Å². The Balaban J connectivity index is 1.93. The molecule has 1 N–H and O–H groups in total. The van der Waals surface area contributed by atoms with Crippen molar-refractivity contribution in [2.45, 2.75) is 33.2 Å². The highest BCUT2D eigenvalue weighted by Gasteiger charge is 2.07. The van der Waals surface area contributed by atoms with Crippen LogP contribution >= 0.6 is 0 Å². The lowest BCUT2D eigenvalue weighted by molar-refractivity contribution is 0.738. The molecule has 0 saturated carbocycles. The molecular formula is C18H22N4. The number of anilines is 1. The SMILES string of the molecule is CCCc1cc(NCc2cnn(C)c2C)c2ccccc2n1. The van der Waals surface area contributed by atoms with Crippen LogP contribution in [-0.2, 0) is 20.0 Å². The molecule has 2 aromatic heterocycles. The Bertz CT molecular complexity index is 789. The maximum Gasteiger partial charge on any atom is 0.0726 e. The maximum absolute atomic E-state index is 4.75. The number of para-hydroxylation sites is 1. The molecule has 114 valence electrons. The number of nitrogens with one attached hydrogen (secondary N) is 1. The number of hydrogen-bond donors (Lipinski definition) is 1. The minimum Gasteiger partial charge on any atom is -0.380 e. The van der Waals surface area contributed by atoms with Crippen LogP contribution in [0.25, 0.3) is 10.9 Å². The van der Waals surface area contributed by atoms with Gasteiger partial charge in [0, 0.05) is 41.6 Å². The summed E-state index contributed by atoms with van der Waals surface area (Å²) in [7, 11) is 1.97. The zero-order chi connectivity index (χ0) is 15.5. The third-order valence-corrected chi connectivity index (χ3v) is 4.08. The highest BCUT2D eigenvalue weighted by Crippen LogP contribution is 2.24. The smallest absolute Gasteiger partial charge is 0.0726 e. The second kappa shape index (κ2) is 6.18. The van der Waals surface area contributed by atoms with Crippen LogP contribution in [0.4, 0.5) is 5.69 Å². The quantitative estimate of drug-likeness (QED) is 0.777. The Hall–Kier alpha value is -2.36. The van der Waals surface area contributed by atoms with Crippen molar-refractivity contribution in [3.63, 3.8) is 0 Å². The minimum absolute atomic E-state index is 0.777. The molecule has 0 amide bonds. The summed E-state index contributed by atoms with van der Waals surface area (Å²) in [4.78, 5) is 4.75. The van der Waals surface area contributed by atoms with Crippen molar-refractivity contribution in [1.29, 1.82) is 0 Å². The molecule has 0 spiro atoms. The molecule has 0 radical (unpaired) electrons. The predicted molar refractivity (Wildman–Crippen MR) is 91.0 cm³/mol. The van der Waals surface area contributed by atoms with Crippen LogP contribution < -0.4 is 5.32 Å². The second-order valence-corrected chi connectivity index (χ2v) is 5.66. The van der Waals surface area contributed by atoms with Gasteiger partial charge in [0.15, 0.2) is 0 Å². The fraction of sp³-hybridized carbons (Fsp3) is 0.333. The number of rotatable bonds is 5. The minimum atomic E-state index is 0.777. The summed E-state index contributed by atoms with van der Waals surface area (Å²) in [5.74, 6) is 0. The average Bonchev–Trinajstić information content (AvgIpc) is 2.84. The van der Waals surface area contributed by atoms with E-state index < -0.39 is 0 Å². The van der Waals surface area contributed by atoms with Gasteiger partial charge in [-0.05, 0) is 25.5 Å². The van der Waals surface area contributed by atoms with Gasteiger partial charge < -0.3 is 5.32 Å². The van der Waals surface area contributed by atoms with Crippen molar-refractivity contribution >= 4 is 16.6 Å². The van der Waals surface area contributed by atoms with Gasteiger partial charge in [-0.1, -0.05) is 31.5 Å². The third-order valence-electron chi connectivity index (χ3n) is 4.08. The van der Waals surface area contributed by atoms with Gasteiger partial charge in [0.05, 0.1) is 11.7 Å². The summed E-state index contributed by atoms with van der Waals surface area (Å²) >= 11 is 0. The van der Waals surface area contributed by atoms with Crippen LogP contribution in [0.5, 0.6) is 0 Å². The van der Waals surface area contributed by atoms with E-state index in [1.807, 2.05) is 24.0 Å². The fourth-order valence-electron chi connectivity index (χ4n) is 2.67. The summed E-state index contributed by atoms with van der Waals surface area (Å²) in [6, 6.07) is 10.5. The van der Waals surface area contributed by atoms with Gasteiger partial charge in [0.2, 0.25) is 0 Å². The van der Waals surface area contributed by atoms with E-state index in [1.165, 1.54) is 16.6 Å². The van der Waals surface area contributed by atoms with Crippen LogP contribution in [0.2, 0.25) is 0 Å². The Morgan fingerprint density at radius 3 is 2.77 bits per heavy atom. The monoisotopic (exact) mass is 294 g/mol. The molecule has 0 saturated heterocycles. The predicted octanol–water partition coefficient (Wildman–Crippen LogP) is 3.84. The number of benzene rings is 1. The van der Waals surface area contributed by atoms with Gasteiger partial charge in [-0.25, -0.2) is 0 Å². The first-order chi connectivity index (χ1) is 10.7. The van der Waals surface area contributed by atoms with E-state index in [0.717, 1.165) is 36.3 Å². The number of pyridine rings is 1. The van der Waals surface area contributed by atoms with E-state index >= 15 is 0 Å². The third kappa shape index (κ3) is 2.82. The molecule has 1 aromatic carbocycles. The molecule has 0 aliphatic rings. The van der Waals surface area contributed by atoms with Crippen molar-refractivity contribution in [1.82, 2.24) is 14.8 Å². The summed E-state index contributed by atoms with van der Waals surface area (Å²) in [6.07, 6.45) is 4.04. The van der Waals surface area contributed by atoms with Crippen LogP contribution in [0.1, 0.15) is 30.3 Å². The first kappa shape index (κ1) is 14.6. The summed E-state index contributed by atoms with van der Waals surface area (Å²) < 4.78 is 1.91. The molecule has 3 rings (SSSR count). The second-order valence-electron chi connectivity index (χ2n) is 5.66. The normalized spacial score (nSPS) is 11.0. The van der Waals surface area contributed by atoms with Gasteiger partial charge in [-0.2, -0.15) is 5.10 Å². The van der Waals surface area contributed by atoms with Gasteiger partial charge in [-0.3, -0.25) is 9.67 Å². The van der Waals surface area contributed by atoms with E-state index in [0.29, 0.717) is 0 Å². The molecule has 0 unspecified atom stereocenters. The van der Waals surface area contributed by atoms with Crippen molar-refractivity contribution in [3.05, 3.63) is 53.5 Å². The molecule has 0 fully saturated rings. The van der Waals surface area contributed by atoms with E-state index in [9.17, 15) is 0 Å². The summed E-state index contributed by atoms with van der Waals surface area (Å²) in [5.41, 5.74) is 5.77. The van der Waals surface area contributed by atoms with Crippen LogP contribution in [0.3, 0.4) is 0 Å². The highest BCUT2D eigenvalue weighted by molar-refractivity contribution is 5.91. The zero-order valence-electron chi connectivity index (χ0n) is 13.4. The molecule has 0 atom stereocenters. The van der Waals surface area contributed by atoms with Crippen molar-refractivity contribution in [2.24, 2.45) is 7.05 Å². The molecule has 2 heterocycles. The molecule has 4 nitrogen and oxygen atoms in total. The van der Waals surface area contributed by atoms with Crippen molar-refractivity contribution in [3.8, 4) is 0 Å². The lowest BCUT2D eigenvalue weighted by Crippen LogP contribution is -2.03. The van der Waals surface area contributed by atoms with Gasteiger partial charge in [0.25, 0.3) is 0 Å². The van der Waals surface area contributed by atoms with Gasteiger partial charge in [-0.15, -0.1) is 0 Å². The summed E-state index contributed by atoms with van der Waals surface area (Å²) in [5, 5.41) is 9.04. The molecule has 0 aliphatic heterocycles. The Morgan fingerprint density at radius 1 is 1.23 bits per heavy atom. The zero-order valence-corrected chi connectivity index (χ0v) is 13.4. The number of aryl methyl sites for hydroxylation is 2. The van der Waals surface area contributed by atoms with E-state index in [2.05, 4.69) is 48.5 Å². The molecule has 4 heteroatoms. The standard InChI is InChI=1S/C18H22N4/c1-4-7-15-10-18(16-8-5-6-9-17(16)21-15)19-11-14-12-20-22(3)13(14)2/h5-6,8-10,12H,4,7,11H2,1-3H3,(H,19,21). The highest BCUT2D eigenvalue weighted by atomic mass is 15.3. The molecular weight excluding hydrogens is 272 g/mol. The molecule has 22 heavy (non-hydrogen) atoms. The molecule has 0 aliphatic carbocycles. The largest absolute Gasteiger partial charge is 0.380 e. The number of nitrogens with zero attached hydrogens (tertiary/aromatic N) is 3. The van der Waals surface area contributed by atoms with Gasteiger partial charge in [0.1, 0.15) is 0 Å². The number of aromatic nitrogens is 3. The molecule has 0 bridgehead atoms.